The summed E-state index contributed by atoms with van der Waals surface area (Å²) in [5.74, 6) is 0.541. The molecule has 0 aliphatic carbocycles. The molecular weight excluding hydrogens is 364 g/mol. The van der Waals surface area contributed by atoms with E-state index >= 15 is 0 Å². The molecule has 0 unspecified atom stereocenters. The Labute approximate surface area is 168 Å². The Kier molecular flexibility index (Phi) is 4.35. The summed E-state index contributed by atoms with van der Waals surface area (Å²) in [6, 6.07) is 6.32. The molecule has 4 aromatic heterocycles. The Balaban J connectivity index is 1.63. The van der Waals surface area contributed by atoms with Crippen molar-refractivity contribution in [2.75, 3.05) is 25.4 Å². The van der Waals surface area contributed by atoms with Crippen LogP contribution in [0.5, 0.6) is 0 Å². The molecule has 0 saturated carbocycles. The minimum atomic E-state index is 0.333. The zero-order valence-corrected chi connectivity index (χ0v) is 16.7. The van der Waals surface area contributed by atoms with E-state index < -0.39 is 0 Å². The Morgan fingerprint density at radius 1 is 1.10 bits per heavy atom. The average Bonchev–Trinajstić information content (AvgIpc) is 3.20. The van der Waals surface area contributed by atoms with Gasteiger partial charge in [0.25, 0.3) is 0 Å². The van der Waals surface area contributed by atoms with E-state index in [0.717, 1.165) is 71.4 Å². The zero-order valence-electron chi connectivity index (χ0n) is 16.7. The van der Waals surface area contributed by atoms with E-state index in [1.807, 2.05) is 25.1 Å². The first-order valence-corrected chi connectivity index (χ1v) is 10.1. The number of hydrogen-bond acceptors (Lipinski definition) is 7. The van der Waals surface area contributed by atoms with Gasteiger partial charge in [0, 0.05) is 24.8 Å². The average molecular weight is 388 g/mol. The second-order valence-electron chi connectivity index (χ2n) is 7.68. The van der Waals surface area contributed by atoms with Crippen LogP contribution in [0.25, 0.3) is 33.3 Å². The largest absolute Gasteiger partial charge is 0.383 e. The van der Waals surface area contributed by atoms with E-state index in [9.17, 15) is 0 Å². The molecule has 1 saturated heterocycles. The first-order chi connectivity index (χ1) is 14.1. The van der Waals surface area contributed by atoms with Crippen LogP contribution in [-0.4, -0.2) is 54.5 Å². The Morgan fingerprint density at radius 2 is 1.93 bits per heavy atom. The fraction of sp³-hybridized carbons (Fsp3) is 0.381. The highest BCUT2D eigenvalue weighted by Crippen LogP contribution is 2.30. The van der Waals surface area contributed by atoms with Gasteiger partial charge in [-0.15, -0.1) is 5.10 Å². The van der Waals surface area contributed by atoms with Crippen molar-refractivity contribution in [2.24, 2.45) is 0 Å². The molecule has 29 heavy (non-hydrogen) atoms. The number of likely N-dealkylation sites (tertiary alicyclic amines) is 1. The van der Waals surface area contributed by atoms with E-state index in [2.05, 4.69) is 36.8 Å². The molecule has 5 rings (SSSR count). The Morgan fingerprint density at radius 3 is 2.69 bits per heavy atom. The van der Waals surface area contributed by atoms with Gasteiger partial charge in [0.05, 0.1) is 23.4 Å². The predicted octanol–water partition coefficient (Wildman–Crippen LogP) is 2.98. The number of nitrogen functional groups attached to an aromatic ring is 1. The molecule has 1 aliphatic heterocycles. The topological polar surface area (TPSA) is 98.6 Å². The molecule has 148 valence electrons. The van der Waals surface area contributed by atoms with Crippen molar-refractivity contribution in [3.05, 3.63) is 36.2 Å². The fourth-order valence-electron chi connectivity index (χ4n) is 4.11. The van der Waals surface area contributed by atoms with Crippen molar-refractivity contribution < 1.29 is 0 Å². The number of fused-ring (bicyclic) bond motifs is 3. The number of anilines is 1. The number of pyridine rings is 3. The Hall–Kier alpha value is -3.13. The van der Waals surface area contributed by atoms with Gasteiger partial charge in [0.2, 0.25) is 0 Å². The standard InChI is InChI=1S/C21H24N8/c1-3-28-8-6-15(7-9-28)29-20-18(26-27-29)12-23-17-5-4-16(25-19(17)20)14-10-13(2)21(22)24-11-14/h4-5,10-12,15H,3,6-9H2,1-2H3,(H2,22,24). The van der Waals surface area contributed by atoms with Crippen LogP contribution in [0.1, 0.15) is 31.4 Å². The van der Waals surface area contributed by atoms with Gasteiger partial charge in [-0.3, -0.25) is 4.98 Å². The monoisotopic (exact) mass is 388 g/mol. The SMILES string of the molecule is CCN1CCC(n2nnc3cnc4ccc(-c5cnc(N)c(C)c5)nc4c32)CC1. The summed E-state index contributed by atoms with van der Waals surface area (Å²) < 4.78 is 2.07. The number of hydrogen-bond donors (Lipinski definition) is 1. The van der Waals surface area contributed by atoms with Gasteiger partial charge in [-0.25, -0.2) is 14.6 Å². The van der Waals surface area contributed by atoms with Crippen LogP contribution in [0, 0.1) is 6.92 Å². The van der Waals surface area contributed by atoms with Crippen molar-refractivity contribution in [3.63, 3.8) is 0 Å². The smallest absolute Gasteiger partial charge is 0.133 e. The lowest BCUT2D eigenvalue weighted by atomic mass is 10.0. The maximum absolute atomic E-state index is 5.88. The van der Waals surface area contributed by atoms with E-state index in [1.54, 1.807) is 12.4 Å². The molecule has 0 aromatic carbocycles. The summed E-state index contributed by atoms with van der Waals surface area (Å²) in [6.07, 6.45) is 5.69. The highest BCUT2D eigenvalue weighted by atomic mass is 15.4. The summed E-state index contributed by atoms with van der Waals surface area (Å²) >= 11 is 0. The molecule has 2 N–H and O–H groups in total. The second-order valence-corrected chi connectivity index (χ2v) is 7.68. The number of rotatable bonds is 3. The third kappa shape index (κ3) is 3.09. The van der Waals surface area contributed by atoms with Gasteiger partial charge in [-0.05, 0) is 50.1 Å². The van der Waals surface area contributed by atoms with Gasteiger partial charge in [-0.1, -0.05) is 12.1 Å². The van der Waals surface area contributed by atoms with Crippen molar-refractivity contribution in [2.45, 2.75) is 32.7 Å². The summed E-state index contributed by atoms with van der Waals surface area (Å²) in [4.78, 5) is 16.2. The van der Waals surface area contributed by atoms with Gasteiger partial charge < -0.3 is 10.6 Å². The summed E-state index contributed by atoms with van der Waals surface area (Å²) in [6.45, 7) is 7.43. The van der Waals surface area contributed by atoms with Crippen LogP contribution in [0.3, 0.4) is 0 Å². The Bertz CT molecular complexity index is 1190. The molecule has 8 nitrogen and oxygen atoms in total. The van der Waals surface area contributed by atoms with E-state index in [-0.39, 0.29) is 0 Å². The van der Waals surface area contributed by atoms with Crippen molar-refractivity contribution >= 4 is 27.9 Å². The molecule has 8 heteroatoms. The molecule has 1 aliphatic rings. The fourth-order valence-corrected chi connectivity index (χ4v) is 4.11. The number of aromatic nitrogens is 6. The van der Waals surface area contributed by atoms with E-state index in [0.29, 0.717) is 11.9 Å². The van der Waals surface area contributed by atoms with Gasteiger partial charge in [0.15, 0.2) is 0 Å². The molecular formula is C21H24N8. The second kappa shape index (κ2) is 7.04. The predicted molar refractivity (Wildman–Crippen MR) is 113 cm³/mol. The minimum absolute atomic E-state index is 0.333. The van der Waals surface area contributed by atoms with Crippen molar-refractivity contribution in [3.8, 4) is 11.3 Å². The lowest BCUT2D eigenvalue weighted by Crippen LogP contribution is -2.34. The quantitative estimate of drug-likeness (QED) is 0.576. The van der Waals surface area contributed by atoms with Crippen molar-refractivity contribution in [1.29, 1.82) is 0 Å². The summed E-state index contributed by atoms with van der Waals surface area (Å²) in [5.41, 5.74) is 12.0. The summed E-state index contributed by atoms with van der Waals surface area (Å²) in [5, 5.41) is 8.87. The van der Waals surface area contributed by atoms with Crippen LogP contribution in [0.15, 0.2) is 30.6 Å². The molecule has 0 amide bonds. The molecule has 5 heterocycles. The van der Waals surface area contributed by atoms with Crippen LogP contribution in [0.4, 0.5) is 5.82 Å². The van der Waals surface area contributed by atoms with Crippen LogP contribution >= 0.6 is 0 Å². The number of piperidine rings is 1. The maximum atomic E-state index is 5.88. The first-order valence-electron chi connectivity index (χ1n) is 10.1. The van der Waals surface area contributed by atoms with Gasteiger partial charge >= 0.3 is 0 Å². The summed E-state index contributed by atoms with van der Waals surface area (Å²) in [7, 11) is 0. The minimum Gasteiger partial charge on any atom is -0.383 e. The molecule has 0 spiro atoms. The molecule has 0 radical (unpaired) electrons. The number of nitrogens with zero attached hydrogens (tertiary/aromatic N) is 7. The number of aryl methyl sites for hydroxylation is 1. The highest BCUT2D eigenvalue weighted by Gasteiger charge is 2.23. The molecule has 1 fully saturated rings. The molecule has 0 atom stereocenters. The van der Waals surface area contributed by atoms with Crippen LogP contribution < -0.4 is 5.73 Å². The molecule has 0 bridgehead atoms. The van der Waals surface area contributed by atoms with E-state index in [4.69, 9.17) is 10.7 Å². The van der Waals surface area contributed by atoms with Crippen LogP contribution in [-0.2, 0) is 0 Å². The van der Waals surface area contributed by atoms with Crippen molar-refractivity contribution in [1.82, 2.24) is 34.8 Å². The van der Waals surface area contributed by atoms with Gasteiger partial charge in [0.1, 0.15) is 22.4 Å². The lowest BCUT2D eigenvalue weighted by molar-refractivity contribution is 0.189. The third-order valence-electron chi connectivity index (χ3n) is 5.91. The molecule has 4 aromatic rings. The lowest BCUT2D eigenvalue weighted by Gasteiger charge is -2.31. The highest BCUT2D eigenvalue weighted by molar-refractivity contribution is 5.99. The zero-order chi connectivity index (χ0) is 20.0. The maximum Gasteiger partial charge on any atom is 0.133 e. The normalized spacial score (nSPS) is 16.1. The number of nitrogens with two attached hydrogens (primary N) is 1. The third-order valence-corrected chi connectivity index (χ3v) is 5.91. The van der Waals surface area contributed by atoms with Gasteiger partial charge in [-0.2, -0.15) is 0 Å². The van der Waals surface area contributed by atoms with Crippen LogP contribution in [0.2, 0.25) is 0 Å². The van der Waals surface area contributed by atoms with E-state index in [1.165, 1.54) is 0 Å². The first kappa shape index (κ1) is 17.9.